The van der Waals surface area contributed by atoms with Gasteiger partial charge >= 0.3 is 0 Å². The van der Waals surface area contributed by atoms with Gasteiger partial charge in [-0.25, -0.2) is 0 Å². The van der Waals surface area contributed by atoms with Crippen molar-refractivity contribution in [2.75, 3.05) is 13.7 Å². The molecule has 2 aromatic carbocycles. The Kier molecular flexibility index (Phi) is 5.88. The molecule has 0 radical (unpaired) electrons. The number of hydrogen-bond donors (Lipinski definition) is 2. The summed E-state index contributed by atoms with van der Waals surface area (Å²) in [4.78, 5) is 33.8. The molecule has 2 aromatic rings. The summed E-state index contributed by atoms with van der Waals surface area (Å²) in [5, 5.41) is 10.9. The minimum Gasteiger partial charge on any atom is -0.497 e. The highest BCUT2D eigenvalue weighted by molar-refractivity contribution is 5.99. The van der Waals surface area contributed by atoms with Gasteiger partial charge in [-0.2, -0.15) is 0 Å². The third-order valence-electron chi connectivity index (χ3n) is 3.09. The van der Waals surface area contributed by atoms with Crippen LogP contribution in [-0.4, -0.2) is 30.5 Å². The van der Waals surface area contributed by atoms with Crippen molar-refractivity contribution < 1.29 is 24.0 Å². The molecule has 0 aromatic heterocycles. The van der Waals surface area contributed by atoms with Gasteiger partial charge in [0, 0.05) is 6.07 Å². The molecule has 2 rings (SSSR count). The highest BCUT2D eigenvalue weighted by atomic mass is 16.6. The van der Waals surface area contributed by atoms with Crippen LogP contribution in [0.2, 0.25) is 0 Å². The van der Waals surface area contributed by atoms with Crippen LogP contribution in [0.4, 0.5) is 5.69 Å². The third kappa shape index (κ3) is 4.93. The van der Waals surface area contributed by atoms with Gasteiger partial charge in [0.2, 0.25) is 0 Å². The summed E-state index contributed by atoms with van der Waals surface area (Å²) >= 11 is 0. The number of nitrogens with one attached hydrogen (secondary N) is 2. The summed E-state index contributed by atoms with van der Waals surface area (Å²) in [6.45, 7) is -0.344. The molecule has 0 saturated carbocycles. The van der Waals surface area contributed by atoms with Crippen molar-refractivity contribution in [1.29, 1.82) is 0 Å². The average Bonchev–Trinajstić information content (AvgIpc) is 2.64. The number of benzene rings is 2. The van der Waals surface area contributed by atoms with Crippen LogP contribution < -0.4 is 20.3 Å². The van der Waals surface area contributed by atoms with E-state index in [0.29, 0.717) is 11.5 Å². The lowest BCUT2D eigenvalue weighted by molar-refractivity contribution is -0.385. The number of carbonyl (C=O) groups excluding carboxylic acids is 2. The molecule has 0 atom stereocenters. The van der Waals surface area contributed by atoms with Crippen molar-refractivity contribution in [3.63, 3.8) is 0 Å². The highest BCUT2D eigenvalue weighted by Gasteiger charge is 2.19. The second-order valence-electron chi connectivity index (χ2n) is 4.74. The van der Waals surface area contributed by atoms with E-state index in [-0.39, 0.29) is 17.9 Å². The fourth-order valence-electron chi connectivity index (χ4n) is 1.88. The van der Waals surface area contributed by atoms with E-state index in [9.17, 15) is 19.7 Å². The van der Waals surface area contributed by atoms with Crippen molar-refractivity contribution in [3.05, 3.63) is 64.2 Å². The predicted octanol–water partition coefficient (Wildman–Crippen LogP) is 1.44. The van der Waals surface area contributed by atoms with Crippen LogP contribution in [0.15, 0.2) is 48.5 Å². The molecule has 2 N–H and O–H groups in total. The van der Waals surface area contributed by atoms with Gasteiger partial charge in [0.05, 0.1) is 12.0 Å². The number of ether oxygens (including phenoxy) is 2. The Morgan fingerprint density at radius 2 is 1.68 bits per heavy atom. The number of nitro benzene ring substituents is 1. The van der Waals surface area contributed by atoms with Crippen molar-refractivity contribution in [2.45, 2.75) is 0 Å². The normalized spacial score (nSPS) is 9.80. The lowest BCUT2D eigenvalue weighted by atomic mass is 10.2. The zero-order valence-corrected chi connectivity index (χ0v) is 13.2. The van der Waals surface area contributed by atoms with E-state index in [0.717, 1.165) is 0 Å². The topological polar surface area (TPSA) is 120 Å². The summed E-state index contributed by atoms with van der Waals surface area (Å²) in [6.07, 6.45) is 0. The van der Waals surface area contributed by atoms with Gasteiger partial charge in [0.25, 0.3) is 17.5 Å². The van der Waals surface area contributed by atoms with Gasteiger partial charge in [-0.3, -0.25) is 30.6 Å². The van der Waals surface area contributed by atoms with Gasteiger partial charge in [-0.15, -0.1) is 0 Å². The van der Waals surface area contributed by atoms with E-state index >= 15 is 0 Å². The van der Waals surface area contributed by atoms with Crippen LogP contribution in [0.3, 0.4) is 0 Å². The molecule has 0 aliphatic heterocycles. The second kappa shape index (κ2) is 8.29. The Morgan fingerprint density at radius 3 is 2.32 bits per heavy atom. The Labute approximate surface area is 142 Å². The number of amides is 2. The largest absolute Gasteiger partial charge is 0.497 e. The van der Waals surface area contributed by atoms with E-state index in [2.05, 4.69) is 10.9 Å². The molecule has 0 bridgehead atoms. The maximum atomic E-state index is 11.9. The van der Waals surface area contributed by atoms with Crippen molar-refractivity contribution in [3.8, 4) is 11.5 Å². The maximum Gasteiger partial charge on any atom is 0.282 e. The van der Waals surface area contributed by atoms with Gasteiger partial charge in [0.1, 0.15) is 17.1 Å². The molecule has 9 nitrogen and oxygen atoms in total. The van der Waals surface area contributed by atoms with Gasteiger partial charge < -0.3 is 9.47 Å². The standard InChI is InChI=1S/C16H15N3O6/c1-24-11-6-8-12(9-7-11)25-10-15(20)17-18-16(21)13-4-2-3-5-14(13)19(22)23/h2-9H,10H2,1H3,(H,17,20)(H,18,21). The molecular formula is C16H15N3O6. The monoisotopic (exact) mass is 345 g/mol. The number of nitrogens with zero attached hydrogens (tertiary/aromatic N) is 1. The Morgan fingerprint density at radius 1 is 1.04 bits per heavy atom. The molecule has 0 fully saturated rings. The summed E-state index contributed by atoms with van der Waals surface area (Å²) in [7, 11) is 1.53. The van der Waals surface area contributed by atoms with Crippen LogP contribution >= 0.6 is 0 Å². The predicted molar refractivity (Wildman–Crippen MR) is 87.2 cm³/mol. The Balaban J connectivity index is 1.85. The van der Waals surface area contributed by atoms with Gasteiger partial charge in [-0.1, -0.05) is 12.1 Å². The first-order valence-corrected chi connectivity index (χ1v) is 7.10. The molecule has 0 spiro atoms. The molecular weight excluding hydrogens is 330 g/mol. The number of methoxy groups -OCH3 is 1. The quantitative estimate of drug-likeness (QED) is 0.604. The summed E-state index contributed by atoms with van der Waals surface area (Å²) in [5.74, 6) is -0.331. The Bertz CT molecular complexity index is 776. The van der Waals surface area contributed by atoms with Crippen LogP contribution in [0, 0.1) is 10.1 Å². The lowest BCUT2D eigenvalue weighted by Crippen LogP contribution is -2.44. The zero-order valence-electron chi connectivity index (χ0n) is 13.2. The van der Waals surface area contributed by atoms with E-state index < -0.39 is 16.7 Å². The van der Waals surface area contributed by atoms with Crippen molar-refractivity contribution >= 4 is 17.5 Å². The van der Waals surface area contributed by atoms with Crippen LogP contribution in [0.1, 0.15) is 10.4 Å². The van der Waals surface area contributed by atoms with Crippen molar-refractivity contribution in [1.82, 2.24) is 10.9 Å². The molecule has 9 heteroatoms. The second-order valence-corrected chi connectivity index (χ2v) is 4.74. The van der Waals surface area contributed by atoms with Crippen molar-refractivity contribution in [2.24, 2.45) is 0 Å². The fraction of sp³-hybridized carbons (Fsp3) is 0.125. The molecule has 0 heterocycles. The van der Waals surface area contributed by atoms with E-state index in [1.54, 1.807) is 24.3 Å². The molecule has 0 saturated heterocycles. The summed E-state index contributed by atoms with van der Waals surface area (Å²) in [5.41, 5.74) is 3.71. The minimum absolute atomic E-state index is 0.163. The first kappa shape index (κ1) is 17.7. The van der Waals surface area contributed by atoms with Gasteiger partial charge in [0.15, 0.2) is 6.61 Å². The SMILES string of the molecule is COc1ccc(OCC(=O)NNC(=O)c2ccccc2[N+](=O)[O-])cc1. The fourth-order valence-corrected chi connectivity index (χ4v) is 1.88. The van der Waals surface area contributed by atoms with Gasteiger partial charge in [-0.05, 0) is 30.3 Å². The number of rotatable bonds is 6. The summed E-state index contributed by atoms with van der Waals surface area (Å²) in [6, 6.07) is 12.0. The first-order valence-electron chi connectivity index (χ1n) is 7.10. The molecule has 0 unspecified atom stereocenters. The number of nitro groups is 1. The highest BCUT2D eigenvalue weighted by Crippen LogP contribution is 2.17. The molecule has 0 aliphatic carbocycles. The minimum atomic E-state index is -0.801. The number of hydrogen-bond acceptors (Lipinski definition) is 6. The first-order chi connectivity index (χ1) is 12.0. The van der Waals surface area contributed by atoms with E-state index in [1.807, 2.05) is 0 Å². The number of hydrazine groups is 1. The summed E-state index contributed by atoms with van der Waals surface area (Å²) < 4.78 is 10.2. The van der Waals surface area contributed by atoms with E-state index in [1.165, 1.54) is 31.4 Å². The Hall–Kier alpha value is -3.62. The molecule has 130 valence electrons. The lowest BCUT2D eigenvalue weighted by Gasteiger charge is -2.09. The zero-order chi connectivity index (χ0) is 18.2. The number of para-hydroxylation sites is 1. The average molecular weight is 345 g/mol. The van der Waals surface area contributed by atoms with Crippen LogP contribution in [0.5, 0.6) is 11.5 Å². The maximum absolute atomic E-state index is 11.9. The van der Waals surface area contributed by atoms with Crippen LogP contribution in [-0.2, 0) is 4.79 Å². The molecule has 0 aliphatic rings. The van der Waals surface area contributed by atoms with E-state index in [4.69, 9.17) is 9.47 Å². The smallest absolute Gasteiger partial charge is 0.282 e. The van der Waals surface area contributed by atoms with Crippen LogP contribution in [0.25, 0.3) is 0 Å². The third-order valence-corrected chi connectivity index (χ3v) is 3.09. The number of carbonyl (C=O) groups is 2. The molecule has 2 amide bonds. The molecule has 25 heavy (non-hydrogen) atoms.